The molecule has 19 heavy (non-hydrogen) atoms. The average molecular weight is 263 g/mol. The van der Waals surface area contributed by atoms with Crippen LogP contribution >= 0.6 is 0 Å². The third-order valence-corrected chi connectivity index (χ3v) is 3.71. The molecule has 3 heteroatoms. The van der Waals surface area contributed by atoms with E-state index in [1.54, 1.807) is 0 Å². The van der Waals surface area contributed by atoms with Crippen molar-refractivity contribution < 1.29 is 9.84 Å². The first-order valence-electron chi connectivity index (χ1n) is 7.40. The fourth-order valence-electron chi connectivity index (χ4n) is 2.55. The third-order valence-electron chi connectivity index (χ3n) is 3.71. The number of morpholine rings is 1. The van der Waals surface area contributed by atoms with Gasteiger partial charge >= 0.3 is 0 Å². The largest absolute Gasteiger partial charge is 0.388 e. The zero-order valence-corrected chi connectivity index (χ0v) is 11.6. The Morgan fingerprint density at radius 2 is 2.05 bits per heavy atom. The van der Waals surface area contributed by atoms with Crippen LogP contribution < -0.4 is 5.32 Å². The summed E-state index contributed by atoms with van der Waals surface area (Å²) in [5, 5.41) is 13.5. The van der Waals surface area contributed by atoms with E-state index in [4.69, 9.17) is 4.74 Å². The Morgan fingerprint density at radius 3 is 2.79 bits per heavy atom. The van der Waals surface area contributed by atoms with Crippen LogP contribution in [-0.2, 0) is 4.74 Å². The van der Waals surface area contributed by atoms with Crippen LogP contribution in [0.1, 0.15) is 43.8 Å². The lowest BCUT2D eigenvalue weighted by atomic mass is 10.0. The molecule has 1 aliphatic heterocycles. The molecule has 0 aromatic heterocycles. The molecule has 2 N–H and O–H groups in total. The van der Waals surface area contributed by atoms with E-state index < -0.39 is 0 Å². The van der Waals surface area contributed by atoms with Gasteiger partial charge in [-0.25, -0.2) is 0 Å². The maximum Gasteiger partial charge on any atom is 0.0790 e. The number of aliphatic hydroxyl groups excluding tert-OH is 1. The Balaban J connectivity index is 1.54. The number of aliphatic hydroxyl groups is 1. The molecule has 0 saturated carbocycles. The van der Waals surface area contributed by atoms with Gasteiger partial charge in [-0.2, -0.15) is 0 Å². The van der Waals surface area contributed by atoms with Gasteiger partial charge in [-0.1, -0.05) is 49.6 Å². The Labute approximate surface area is 116 Å². The minimum Gasteiger partial charge on any atom is -0.388 e. The van der Waals surface area contributed by atoms with Crippen LogP contribution in [0.15, 0.2) is 30.3 Å². The zero-order valence-electron chi connectivity index (χ0n) is 11.6. The first-order chi connectivity index (χ1) is 9.36. The monoisotopic (exact) mass is 263 g/mol. The molecule has 0 amide bonds. The standard InChI is InChI=1S/C16H25NO2/c18-16(14-7-3-1-4-8-14)10-6-2-5-9-15-13-19-12-11-17-15/h1,3-4,7-8,15-18H,2,5-6,9-13H2. The van der Waals surface area contributed by atoms with Crippen molar-refractivity contribution in [2.45, 2.75) is 44.2 Å². The lowest BCUT2D eigenvalue weighted by molar-refractivity contribution is 0.0732. The van der Waals surface area contributed by atoms with E-state index in [2.05, 4.69) is 5.32 Å². The predicted octanol–water partition coefficient (Wildman–Crippen LogP) is 2.66. The van der Waals surface area contributed by atoms with Gasteiger partial charge in [0.05, 0.1) is 19.3 Å². The van der Waals surface area contributed by atoms with E-state index in [1.807, 2.05) is 30.3 Å². The first-order valence-corrected chi connectivity index (χ1v) is 7.40. The highest BCUT2D eigenvalue weighted by Crippen LogP contribution is 2.19. The highest BCUT2D eigenvalue weighted by molar-refractivity contribution is 5.16. The van der Waals surface area contributed by atoms with Crippen LogP contribution in [0.25, 0.3) is 0 Å². The Morgan fingerprint density at radius 1 is 1.21 bits per heavy atom. The summed E-state index contributed by atoms with van der Waals surface area (Å²) in [7, 11) is 0. The summed E-state index contributed by atoms with van der Waals surface area (Å²) in [6, 6.07) is 10.5. The van der Waals surface area contributed by atoms with Crippen LogP contribution in [0.2, 0.25) is 0 Å². The molecule has 0 aliphatic carbocycles. The van der Waals surface area contributed by atoms with Crippen LogP contribution in [0.4, 0.5) is 0 Å². The normalized spacial score (nSPS) is 21.2. The summed E-state index contributed by atoms with van der Waals surface area (Å²) in [6.07, 6.45) is 5.21. The lowest BCUT2D eigenvalue weighted by Crippen LogP contribution is -2.41. The second-order valence-electron chi connectivity index (χ2n) is 5.29. The van der Waals surface area contributed by atoms with Crippen LogP contribution in [0, 0.1) is 0 Å². The van der Waals surface area contributed by atoms with E-state index in [0.717, 1.165) is 38.2 Å². The molecule has 3 nitrogen and oxygen atoms in total. The van der Waals surface area contributed by atoms with Crippen molar-refractivity contribution in [2.24, 2.45) is 0 Å². The first kappa shape index (κ1) is 14.5. The molecule has 106 valence electrons. The van der Waals surface area contributed by atoms with Crippen molar-refractivity contribution in [3.05, 3.63) is 35.9 Å². The van der Waals surface area contributed by atoms with Gasteiger partial charge in [-0.3, -0.25) is 0 Å². The molecule has 0 radical (unpaired) electrons. The third kappa shape index (κ3) is 5.31. The maximum absolute atomic E-state index is 10.0. The molecule has 1 heterocycles. The maximum atomic E-state index is 10.0. The number of benzene rings is 1. The van der Waals surface area contributed by atoms with Gasteiger partial charge in [0.25, 0.3) is 0 Å². The predicted molar refractivity (Wildman–Crippen MR) is 77.1 cm³/mol. The fraction of sp³-hybridized carbons (Fsp3) is 0.625. The number of hydrogen-bond donors (Lipinski definition) is 2. The van der Waals surface area contributed by atoms with E-state index in [-0.39, 0.29) is 6.10 Å². The lowest BCUT2D eigenvalue weighted by Gasteiger charge is -2.23. The number of nitrogens with one attached hydrogen (secondary N) is 1. The topological polar surface area (TPSA) is 41.5 Å². The van der Waals surface area contributed by atoms with E-state index >= 15 is 0 Å². The summed E-state index contributed by atoms with van der Waals surface area (Å²) < 4.78 is 5.43. The van der Waals surface area contributed by atoms with Gasteiger partial charge in [0.1, 0.15) is 0 Å². The van der Waals surface area contributed by atoms with Crippen LogP contribution in [0.3, 0.4) is 0 Å². The summed E-state index contributed by atoms with van der Waals surface area (Å²) in [4.78, 5) is 0. The number of unbranched alkanes of at least 4 members (excludes halogenated alkanes) is 2. The second kappa shape index (κ2) is 8.31. The van der Waals surface area contributed by atoms with Gasteiger partial charge in [0.15, 0.2) is 0 Å². The van der Waals surface area contributed by atoms with E-state index in [1.165, 1.54) is 19.3 Å². The minimum absolute atomic E-state index is 0.308. The van der Waals surface area contributed by atoms with Crippen molar-refractivity contribution in [1.29, 1.82) is 0 Å². The molecule has 2 unspecified atom stereocenters. The van der Waals surface area contributed by atoms with Gasteiger partial charge in [-0.05, 0) is 18.4 Å². The zero-order chi connectivity index (χ0) is 13.3. The molecule has 1 aliphatic rings. The summed E-state index contributed by atoms with van der Waals surface area (Å²) in [5.41, 5.74) is 1.03. The highest BCUT2D eigenvalue weighted by Gasteiger charge is 2.12. The number of ether oxygens (including phenoxy) is 1. The quantitative estimate of drug-likeness (QED) is 0.743. The van der Waals surface area contributed by atoms with Crippen LogP contribution in [-0.4, -0.2) is 30.9 Å². The summed E-state index contributed by atoms with van der Waals surface area (Å²) >= 11 is 0. The Hall–Kier alpha value is -0.900. The smallest absolute Gasteiger partial charge is 0.0790 e. The Kier molecular flexibility index (Phi) is 6.34. The summed E-state index contributed by atoms with van der Waals surface area (Å²) in [5.74, 6) is 0. The summed E-state index contributed by atoms with van der Waals surface area (Å²) in [6.45, 7) is 2.68. The van der Waals surface area contributed by atoms with Crippen LogP contribution in [0.5, 0.6) is 0 Å². The number of rotatable bonds is 7. The van der Waals surface area contributed by atoms with E-state index in [9.17, 15) is 5.11 Å². The fourth-order valence-corrected chi connectivity index (χ4v) is 2.55. The molecule has 1 saturated heterocycles. The van der Waals surface area contributed by atoms with Gasteiger partial charge in [0, 0.05) is 12.6 Å². The molecule has 2 atom stereocenters. The van der Waals surface area contributed by atoms with Crippen molar-refractivity contribution in [3.8, 4) is 0 Å². The molecule has 0 spiro atoms. The average Bonchev–Trinajstić information content (AvgIpc) is 2.49. The van der Waals surface area contributed by atoms with Crippen molar-refractivity contribution in [3.63, 3.8) is 0 Å². The SMILES string of the molecule is OC(CCCCCC1COCCN1)c1ccccc1. The molecule has 2 rings (SSSR count). The minimum atomic E-state index is -0.308. The molecule has 1 aromatic rings. The molecule has 1 aromatic carbocycles. The van der Waals surface area contributed by atoms with E-state index in [0.29, 0.717) is 6.04 Å². The molecule has 0 bridgehead atoms. The van der Waals surface area contributed by atoms with Crippen molar-refractivity contribution >= 4 is 0 Å². The van der Waals surface area contributed by atoms with Crippen molar-refractivity contribution in [1.82, 2.24) is 5.32 Å². The molecule has 1 fully saturated rings. The number of hydrogen-bond acceptors (Lipinski definition) is 3. The second-order valence-corrected chi connectivity index (χ2v) is 5.29. The molecular weight excluding hydrogens is 238 g/mol. The van der Waals surface area contributed by atoms with Gasteiger partial charge < -0.3 is 15.2 Å². The highest BCUT2D eigenvalue weighted by atomic mass is 16.5. The van der Waals surface area contributed by atoms with Gasteiger partial charge in [-0.15, -0.1) is 0 Å². The molecular formula is C16H25NO2. The van der Waals surface area contributed by atoms with Crippen molar-refractivity contribution in [2.75, 3.05) is 19.8 Å². The van der Waals surface area contributed by atoms with Gasteiger partial charge in [0.2, 0.25) is 0 Å². The Bertz CT molecular complexity index is 336.